The summed E-state index contributed by atoms with van der Waals surface area (Å²) in [5.41, 5.74) is 0.522. The van der Waals surface area contributed by atoms with Crippen LogP contribution in [-0.2, 0) is 4.79 Å². The number of ketones is 2. The van der Waals surface area contributed by atoms with Gasteiger partial charge in [-0.05, 0) is 30.0 Å². The highest BCUT2D eigenvalue weighted by Crippen LogP contribution is 2.53. The Morgan fingerprint density at radius 3 is 2.48 bits per heavy atom. The van der Waals surface area contributed by atoms with Crippen LogP contribution in [0.2, 0.25) is 5.02 Å². The number of carbonyl (C=O) groups excluding carboxylic acids is 2. The van der Waals surface area contributed by atoms with Crippen molar-refractivity contribution in [2.24, 2.45) is 5.92 Å². The van der Waals surface area contributed by atoms with Gasteiger partial charge < -0.3 is 24.6 Å². The number of methoxy groups -OCH3 is 2. The van der Waals surface area contributed by atoms with Crippen molar-refractivity contribution in [3.63, 3.8) is 0 Å². The molecule has 1 aliphatic heterocycles. The minimum absolute atomic E-state index is 0.0740. The number of halogens is 1. The molecule has 1 spiro atoms. The molecular formula is C25H26ClNO6. The fourth-order valence-corrected chi connectivity index (χ4v) is 4.67. The van der Waals surface area contributed by atoms with E-state index in [1.807, 2.05) is 12.1 Å². The number of phenols is 1. The van der Waals surface area contributed by atoms with Gasteiger partial charge in [0.25, 0.3) is 0 Å². The molecule has 2 unspecified atom stereocenters. The summed E-state index contributed by atoms with van der Waals surface area (Å²) in [4.78, 5) is 26.9. The molecular weight excluding hydrogens is 446 g/mol. The lowest BCUT2D eigenvalue weighted by Crippen LogP contribution is -2.55. The van der Waals surface area contributed by atoms with Crippen molar-refractivity contribution in [3.05, 3.63) is 52.2 Å². The quantitative estimate of drug-likeness (QED) is 0.462. The maximum absolute atomic E-state index is 13.5. The second kappa shape index (κ2) is 8.30. The van der Waals surface area contributed by atoms with Crippen molar-refractivity contribution in [2.45, 2.75) is 38.7 Å². The van der Waals surface area contributed by atoms with Gasteiger partial charge in [-0.3, -0.25) is 9.59 Å². The Labute approximate surface area is 197 Å². The number of ether oxygens (including phenoxy) is 3. The molecule has 0 radical (unpaired) electrons. The molecule has 0 saturated carbocycles. The number of Topliss-reactive ketones (excluding diaryl/α,β-unsaturated/α-hetero) is 1. The Morgan fingerprint density at radius 1 is 1.18 bits per heavy atom. The molecule has 1 aliphatic carbocycles. The smallest absolute Gasteiger partial charge is 0.236 e. The number of nitrogens with one attached hydrogen (secondary N) is 1. The van der Waals surface area contributed by atoms with E-state index in [9.17, 15) is 14.7 Å². The first kappa shape index (κ1) is 23.0. The molecule has 1 heterocycles. The zero-order valence-corrected chi connectivity index (χ0v) is 19.9. The minimum Gasteiger partial charge on any atom is -0.506 e. The molecule has 0 amide bonds. The Bertz CT molecular complexity index is 1190. The molecule has 4 rings (SSSR count). The van der Waals surface area contributed by atoms with E-state index in [0.717, 1.165) is 5.56 Å². The third-order valence-electron chi connectivity index (χ3n) is 6.29. The molecule has 33 heavy (non-hydrogen) atoms. The Morgan fingerprint density at radius 2 is 1.88 bits per heavy atom. The molecule has 8 heteroatoms. The second-order valence-electron chi connectivity index (χ2n) is 8.66. The van der Waals surface area contributed by atoms with Crippen LogP contribution in [0.3, 0.4) is 0 Å². The van der Waals surface area contributed by atoms with E-state index in [1.165, 1.54) is 26.4 Å². The van der Waals surface area contributed by atoms with Gasteiger partial charge in [0, 0.05) is 23.8 Å². The first-order chi connectivity index (χ1) is 15.6. The monoisotopic (exact) mass is 471 g/mol. The maximum Gasteiger partial charge on any atom is 0.236 e. The van der Waals surface area contributed by atoms with Crippen molar-refractivity contribution in [1.29, 1.82) is 0 Å². The molecule has 0 aromatic heterocycles. The first-order valence-corrected chi connectivity index (χ1v) is 11.0. The van der Waals surface area contributed by atoms with Crippen molar-refractivity contribution in [2.75, 3.05) is 19.5 Å². The van der Waals surface area contributed by atoms with Crippen molar-refractivity contribution < 1.29 is 28.9 Å². The predicted octanol–water partition coefficient (Wildman–Crippen LogP) is 5.11. The van der Waals surface area contributed by atoms with Gasteiger partial charge in [-0.1, -0.05) is 38.4 Å². The largest absolute Gasteiger partial charge is 0.506 e. The van der Waals surface area contributed by atoms with Gasteiger partial charge in [-0.2, -0.15) is 0 Å². The van der Waals surface area contributed by atoms with Gasteiger partial charge in [0.15, 0.2) is 5.75 Å². The van der Waals surface area contributed by atoms with Crippen LogP contribution in [0.5, 0.6) is 23.0 Å². The fourth-order valence-electron chi connectivity index (χ4n) is 4.40. The van der Waals surface area contributed by atoms with Crippen LogP contribution in [-0.4, -0.2) is 36.5 Å². The van der Waals surface area contributed by atoms with Crippen LogP contribution in [0, 0.1) is 5.92 Å². The number of hydrogen-bond donors (Lipinski definition) is 2. The lowest BCUT2D eigenvalue weighted by atomic mass is 9.74. The second-order valence-corrected chi connectivity index (χ2v) is 9.04. The van der Waals surface area contributed by atoms with E-state index in [-0.39, 0.29) is 39.5 Å². The maximum atomic E-state index is 13.5. The van der Waals surface area contributed by atoms with Gasteiger partial charge in [0.2, 0.25) is 17.2 Å². The normalized spacial score (nSPS) is 21.7. The van der Waals surface area contributed by atoms with Crippen LogP contribution in [0.1, 0.15) is 49.0 Å². The molecule has 2 N–H and O–H groups in total. The summed E-state index contributed by atoms with van der Waals surface area (Å²) in [6.07, 6.45) is 1.71. The van der Waals surface area contributed by atoms with Crippen LogP contribution in [0.15, 0.2) is 36.0 Å². The highest BCUT2D eigenvalue weighted by atomic mass is 35.5. The number of allylic oxidation sites excluding steroid dienone is 1. The number of rotatable bonds is 5. The van der Waals surface area contributed by atoms with Crippen LogP contribution in [0.4, 0.5) is 5.69 Å². The molecule has 0 fully saturated rings. The van der Waals surface area contributed by atoms with Crippen molar-refractivity contribution in [1.82, 2.24) is 0 Å². The average Bonchev–Trinajstić information content (AvgIpc) is 3.09. The third kappa shape index (κ3) is 3.51. The number of benzene rings is 2. The summed E-state index contributed by atoms with van der Waals surface area (Å²) in [6.45, 7) is 5.89. The summed E-state index contributed by atoms with van der Waals surface area (Å²) >= 11 is 6.42. The molecule has 2 aliphatic rings. The zero-order valence-electron chi connectivity index (χ0n) is 19.1. The van der Waals surface area contributed by atoms with E-state index in [4.69, 9.17) is 25.8 Å². The Kier molecular flexibility index (Phi) is 5.78. The third-order valence-corrected chi connectivity index (χ3v) is 6.65. The van der Waals surface area contributed by atoms with E-state index in [1.54, 1.807) is 13.0 Å². The Balaban J connectivity index is 1.71. The summed E-state index contributed by atoms with van der Waals surface area (Å²) in [7, 11) is 2.87. The highest BCUT2D eigenvalue weighted by molar-refractivity contribution is 6.36. The van der Waals surface area contributed by atoms with Crippen LogP contribution < -0.4 is 19.5 Å². The molecule has 2 aromatic rings. The SMILES string of the molecule is COc1cc(OC)c2c(c1Cl)OC1(C(=O)C=C(Nc3cc(C(C)C)ccc3O)CC1C)C2=O. The summed E-state index contributed by atoms with van der Waals surface area (Å²) in [5.74, 6) is -0.550. The molecule has 2 aromatic carbocycles. The summed E-state index contributed by atoms with van der Waals surface area (Å²) < 4.78 is 16.7. The van der Waals surface area contributed by atoms with E-state index in [2.05, 4.69) is 19.2 Å². The number of hydrogen-bond acceptors (Lipinski definition) is 7. The number of fused-ring (bicyclic) bond motifs is 1. The standard InChI is InChI=1S/C25H26ClNO6/c1-12(2)14-6-7-17(28)16(9-14)27-15-8-13(3)25(20(29)10-15)24(30)21-18(31-4)11-19(32-5)22(26)23(21)33-25/h6-7,9-13,27-28H,8H2,1-5H3. The topological polar surface area (TPSA) is 94.1 Å². The van der Waals surface area contributed by atoms with Gasteiger partial charge in [-0.25, -0.2) is 0 Å². The first-order valence-electron chi connectivity index (χ1n) is 10.7. The fraction of sp³-hybridized carbons (Fsp3) is 0.360. The summed E-state index contributed by atoms with van der Waals surface area (Å²) in [5, 5.41) is 13.6. The molecule has 0 saturated heterocycles. The number of carbonyl (C=O) groups is 2. The molecule has 0 bridgehead atoms. The average molecular weight is 472 g/mol. The molecule has 7 nitrogen and oxygen atoms in total. The van der Waals surface area contributed by atoms with E-state index >= 15 is 0 Å². The van der Waals surface area contributed by atoms with E-state index < -0.39 is 23.1 Å². The van der Waals surface area contributed by atoms with Gasteiger partial charge in [0.1, 0.15) is 27.8 Å². The van der Waals surface area contributed by atoms with Gasteiger partial charge in [0.05, 0.1) is 19.9 Å². The molecule has 174 valence electrons. The van der Waals surface area contributed by atoms with Gasteiger partial charge >= 0.3 is 0 Å². The zero-order chi connectivity index (χ0) is 24.1. The predicted molar refractivity (Wildman–Crippen MR) is 125 cm³/mol. The van der Waals surface area contributed by atoms with Crippen LogP contribution >= 0.6 is 11.6 Å². The number of anilines is 1. The van der Waals surface area contributed by atoms with Gasteiger partial charge in [-0.15, -0.1) is 0 Å². The highest BCUT2D eigenvalue weighted by Gasteiger charge is 2.60. The molecule has 2 atom stereocenters. The Hall–Kier alpha value is -3.19. The lowest BCUT2D eigenvalue weighted by Gasteiger charge is -2.35. The summed E-state index contributed by atoms with van der Waals surface area (Å²) in [6, 6.07) is 6.84. The van der Waals surface area contributed by atoms with Crippen molar-refractivity contribution >= 4 is 28.9 Å². The van der Waals surface area contributed by atoms with Crippen molar-refractivity contribution in [3.8, 4) is 23.0 Å². The lowest BCUT2D eigenvalue weighted by molar-refractivity contribution is -0.129. The minimum atomic E-state index is -1.74. The number of phenolic OH excluding ortho intramolecular Hbond substituents is 1. The van der Waals surface area contributed by atoms with Crippen LogP contribution in [0.25, 0.3) is 0 Å². The number of aromatic hydroxyl groups is 1. The van der Waals surface area contributed by atoms with E-state index in [0.29, 0.717) is 17.8 Å².